The quantitative estimate of drug-likeness (QED) is 0.864. The molecule has 1 saturated heterocycles. The van der Waals surface area contributed by atoms with Crippen molar-refractivity contribution in [3.8, 4) is 0 Å². The van der Waals surface area contributed by atoms with E-state index in [0.717, 1.165) is 31.5 Å². The molecule has 0 bridgehead atoms. The summed E-state index contributed by atoms with van der Waals surface area (Å²) in [7, 11) is 0. The van der Waals surface area contributed by atoms with Gasteiger partial charge in [0.1, 0.15) is 0 Å². The first kappa shape index (κ1) is 13.7. The fourth-order valence-electron chi connectivity index (χ4n) is 2.35. The molecule has 102 valence electrons. The van der Waals surface area contributed by atoms with Gasteiger partial charge in [-0.3, -0.25) is 0 Å². The molecule has 0 saturated carbocycles. The summed E-state index contributed by atoms with van der Waals surface area (Å²) in [5, 5.41) is 2.85. The number of carbonyl (C=O) groups excluding carboxylic acids is 1. The first-order valence-corrected chi connectivity index (χ1v) is 7.04. The monoisotopic (exact) mass is 258 g/mol. The fraction of sp³-hybridized carbons (Fsp3) is 0.438. The highest BCUT2D eigenvalue weighted by Gasteiger charge is 2.13. The van der Waals surface area contributed by atoms with E-state index in [9.17, 15) is 4.79 Å². The highest BCUT2D eigenvalue weighted by Crippen LogP contribution is 2.09. The fourth-order valence-corrected chi connectivity index (χ4v) is 2.35. The molecule has 0 spiro atoms. The van der Waals surface area contributed by atoms with Crippen LogP contribution in [0.5, 0.6) is 0 Å². The van der Waals surface area contributed by atoms with E-state index in [1.165, 1.54) is 18.4 Å². The molecule has 3 nitrogen and oxygen atoms in total. The van der Waals surface area contributed by atoms with Gasteiger partial charge in [-0.05, 0) is 31.4 Å². The minimum Gasteiger partial charge on any atom is -0.325 e. The van der Waals surface area contributed by atoms with Gasteiger partial charge in [0.25, 0.3) is 0 Å². The Balaban J connectivity index is 1.85. The number of hydrogen-bond acceptors (Lipinski definition) is 1. The third-order valence-electron chi connectivity index (χ3n) is 3.42. The lowest BCUT2D eigenvalue weighted by Crippen LogP contribution is -2.38. The zero-order chi connectivity index (χ0) is 13.5. The van der Waals surface area contributed by atoms with E-state index in [-0.39, 0.29) is 6.03 Å². The summed E-state index contributed by atoms with van der Waals surface area (Å²) in [5.41, 5.74) is 2.33. The smallest absolute Gasteiger partial charge is 0.321 e. The average molecular weight is 258 g/mol. The van der Waals surface area contributed by atoms with Gasteiger partial charge in [0.15, 0.2) is 0 Å². The zero-order valence-corrected chi connectivity index (χ0v) is 11.6. The Labute approximate surface area is 115 Å². The van der Waals surface area contributed by atoms with Crippen LogP contribution < -0.4 is 5.32 Å². The standard InChI is InChI=1S/C16H22N2O/c1-14-7-6-8-15(13-14)9-10-17-16(19)18-11-4-2-3-5-12-18/h6-10,13H,2-5,11-12H2,1H3,(H,17,19)/b10-9+. The minimum absolute atomic E-state index is 0.0193. The van der Waals surface area contributed by atoms with Crippen LogP contribution in [-0.2, 0) is 0 Å². The third kappa shape index (κ3) is 4.43. The second kappa shape index (κ2) is 6.98. The summed E-state index contributed by atoms with van der Waals surface area (Å²) in [6.45, 7) is 3.82. The van der Waals surface area contributed by atoms with Crippen LogP contribution >= 0.6 is 0 Å². The average Bonchev–Trinajstić information content (AvgIpc) is 2.67. The SMILES string of the molecule is Cc1cccc(/C=C/NC(=O)N2CCCCCC2)c1. The summed E-state index contributed by atoms with van der Waals surface area (Å²) < 4.78 is 0. The topological polar surface area (TPSA) is 32.3 Å². The molecule has 1 fully saturated rings. The van der Waals surface area contributed by atoms with E-state index in [2.05, 4.69) is 24.4 Å². The van der Waals surface area contributed by atoms with E-state index in [1.807, 2.05) is 23.1 Å². The van der Waals surface area contributed by atoms with Crippen LogP contribution in [0.15, 0.2) is 30.5 Å². The maximum absolute atomic E-state index is 12.0. The largest absolute Gasteiger partial charge is 0.325 e. The van der Waals surface area contributed by atoms with Crippen molar-refractivity contribution in [2.45, 2.75) is 32.6 Å². The van der Waals surface area contributed by atoms with Gasteiger partial charge >= 0.3 is 6.03 Å². The van der Waals surface area contributed by atoms with Crippen LogP contribution in [0, 0.1) is 6.92 Å². The molecule has 1 N–H and O–H groups in total. The number of hydrogen-bond donors (Lipinski definition) is 1. The van der Waals surface area contributed by atoms with Gasteiger partial charge in [0.2, 0.25) is 0 Å². The Bertz CT molecular complexity index is 446. The van der Waals surface area contributed by atoms with Crippen LogP contribution in [-0.4, -0.2) is 24.0 Å². The Hall–Kier alpha value is -1.77. The number of urea groups is 1. The van der Waals surface area contributed by atoms with Crippen molar-refractivity contribution in [1.82, 2.24) is 10.2 Å². The molecule has 1 aromatic rings. The van der Waals surface area contributed by atoms with Crippen molar-refractivity contribution < 1.29 is 4.79 Å². The Kier molecular flexibility index (Phi) is 5.01. The molecule has 2 rings (SSSR count). The molecule has 1 aliphatic heterocycles. The second-order valence-electron chi connectivity index (χ2n) is 5.10. The predicted molar refractivity (Wildman–Crippen MR) is 78.8 cm³/mol. The normalized spacial score (nSPS) is 16.4. The van der Waals surface area contributed by atoms with E-state index < -0.39 is 0 Å². The van der Waals surface area contributed by atoms with Gasteiger partial charge in [-0.25, -0.2) is 4.79 Å². The molecule has 19 heavy (non-hydrogen) atoms. The van der Waals surface area contributed by atoms with Crippen molar-refractivity contribution in [3.63, 3.8) is 0 Å². The highest BCUT2D eigenvalue weighted by atomic mass is 16.2. The number of rotatable bonds is 2. The van der Waals surface area contributed by atoms with Crippen molar-refractivity contribution in [2.75, 3.05) is 13.1 Å². The molecule has 1 aromatic carbocycles. The van der Waals surface area contributed by atoms with E-state index >= 15 is 0 Å². The first-order valence-electron chi connectivity index (χ1n) is 7.04. The van der Waals surface area contributed by atoms with Gasteiger partial charge < -0.3 is 10.2 Å². The maximum Gasteiger partial charge on any atom is 0.321 e. The molecular formula is C16H22N2O. The van der Waals surface area contributed by atoms with Crippen molar-refractivity contribution in [1.29, 1.82) is 0 Å². The second-order valence-corrected chi connectivity index (χ2v) is 5.10. The molecule has 0 atom stereocenters. The van der Waals surface area contributed by atoms with E-state index in [1.54, 1.807) is 6.20 Å². The van der Waals surface area contributed by atoms with E-state index in [4.69, 9.17) is 0 Å². The van der Waals surface area contributed by atoms with Gasteiger partial charge in [-0.1, -0.05) is 42.7 Å². The molecule has 0 radical (unpaired) electrons. The van der Waals surface area contributed by atoms with Crippen molar-refractivity contribution >= 4 is 12.1 Å². The lowest BCUT2D eigenvalue weighted by molar-refractivity contribution is 0.203. The molecule has 0 aromatic heterocycles. The third-order valence-corrected chi connectivity index (χ3v) is 3.42. The summed E-state index contributed by atoms with van der Waals surface area (Å²) in [4.78, 5) is 13.9. The zero-order valence-electron chi connectivity index (χ0n) is 11.6. The summed E-state index contributed by atoms with van der Waals surface area (Å²) in [6.07, 6.45) is 8.39. The Morgan fingerprint density at radius 2 is 1.95 bits per heavy atom. The number of carbonyl (C=O) groups is 1. The molecule has 1 aliphatic rings. The number of nitrogens with one attached hydrogen (secondary N) is 1. The van der Waals surface area contributed by atoms with Crippen LogP contribution in [0.3, 0.4) is 0 Å². The van der Waals surface area contributed by atoms with Crippen LogP contribution in [0.4, 0.5) is 4.79 Å². The highest BCUT2D eigenvalue weighted by molar-refractivity contribution is 5.76. The first-order chi connectivity index (χ1) is 9.25. The summed E-state index contributed by atoms with van der Waals surface area (Å²) in [6, 6.07) is 8.22. The summed E-state index contributed by atoms with van der Waals surface area (Å²) >= 11 is 0. The van der Waals surface area contributed by atoms with Crippen LogP contribution in [0.25, 0.3) is 6.08 Å². The number of nitrogens with zero attached hydrogens (tertiary/aromatic N) is 1. The van der Waals surface area contributed by atoms with Crippen molar-refractivity contribution in [2.24, 2.45) is 0 Å². The Morgan fingerprint density at radius 3 is 2.63 bits per heavy atom. The predicted octanol–water partition coefficient (Wildman–Crippen LogP) is 3.55. The number of amides is 2. The van der Waals surface area contributed by atoms with Gasteiger partial charge in [-0.15, -0.1) is 0 Å². The Morgan fingerprint density at radius 1 is 1.21 bits per heavy atom. The maximum atomic E-state index is 12.0. The molecule has 2 amide bonds. The lowest BCUT2D eigenvalue weighted by Gasteiger charge is -2.19. The summed E-state index contributed by atoms with van der Waals surface area (Å²) in [5.74, 6) is 0. The molecule has 1 heterocycles. The van der Waals surface area contributed by atoms with Gasteiger partial charge in [0.05, 0.1) is 0 Å². The van der Waals surface area contributed by atoms with Gasteiger partial charge in [-0.2, -0.15) is 0 Å². The van der Waals surface area contributed by atoms with Crippen molar-refractivity contribution in [3.05, 3.63) is 41.6 Å². The van der Waals surface area contributed by atoms with Crippen LogP contribution in [0.1, 0.15) is 36.8 Å². The minimum atomic E-state index is 0.0193. The number of aryl methyl sites for hydroxylation is 1. The lowest BCUT2D eigenvalue weighted by atomic mass is 10.1. The molecule has 0 aliphatic carbocycles. The number of benzene rings is 1. The number of likely N-dealkylation sites (tertiary alicyclic amines) is 1. The van der Waals surface area contributed by atoms with E-state index in [0.29, 0.717) is 0 Å². The molecule has 0 unspecified atom stereocenters. The molecular weight excluding hydrogens is 236 g/mol. The van der Waals surface area contributed by atoms with Gasteiger partial charge in [0, 0.05) is 19.3 Å². The molecule has 3 heteroatoms. The van der Waals surface area contributed by atoms with Crippen LogP contribution in [0.2, 0.25) is 0 Å².